The van der Waals surface area contributed by atoms with Gasteiger partial charge < -0.3 is 4.74 Å². The van der Waals surface area contributed by atoms with E-state index >= 15 is 0 Å². The number of nitrogens with zero attached hydrogens (tertiary/aromatic N) is 1. The molecule has 0 spiro atoms. The molecular weight excluding hydrogens is 350 g/mol. The summed E-state index contributed by atoms with van der Waals surface area (Å²) in [7, 11) is 1.22. The van der Waals surface area contributed by atoms with Crippen LogP contribution in [0.5, 0.6) is 5.88 Å². The van der Waals surface area contributed by atoms with E-state index in [1.807, 2.05) is 0 Å². The van der Waals surface area contributed by atoms with Gasteiger partial charge in [0, 0.05) is 11.1 Å². The van der Waals surface area contributed by atoms with Crippen LogP contribution in [-0.4, -0.2) is 12.1 Å². The number of pyridine rings is 1. The van der Waals surface area contributed by atoms with Gasteiger partial charge in [-0.1, -0.05) is 34.8 Å². The van der Waals surface area contributed by atoms with E-state index in [4.69, 9.17) is 39.5 Å². The predicted molar refractivity (Wildman–Crippen MR) is 76.3 cm³/mol. The lowest BCUT2D eigenvalue weighted by atomic mass is 10.1. The maximum atomic E-state index is 12.7. The number of hydrogen-bond acceptors (Lipinski definition) is 2. The van der Waals surface area contributed by atoms with Crippen LogP contribution >= 0.6 is 34.8 Å². The van der Waals surface area contributed by atoms with Crippen molar-refractivity contribution in [2.24, 2.45) is 0 Å². The van der Waals surface area contributed by atoms with E-state index < -0.39 is 11.9 Å². The quantitative estimate of drug-likeness (QED) is 0.640. The van der Waals surface area contributed by atoms with Gasteiger partial charge in [0.1, 0.15) is 5.69 Å². The van der Waals surface area contributed by atoms with Crippen molar-refractivity contribution in [3.05, 3.63) is 45.0 Å². The summed E-state index contributed by atoms with van der Waals surface area (Å²) in [5, 5.41) is 0.687. The van der Waals surface area contributed by atoms with Crippen molar-refractivity contribution in [1.82, 2.24) is 4.98 Å². The van der Waals surface area contributed by atoms with Crippen molar-refractivity contribution >= 4 is 34.8 Å². The molecule has 0 aliphatic heterocycles. The number of alkyl halides is 3. The van der Waals surface area contributed by atoms with Gasteiger partial charge in [0.15, 0.2) is 0 Å². The molecule has 1 aromatic carbocycles. The molecule has 8 heteroatoms. The van der Waals surface area contributed by atoms with Crippen LogP contribution in [0.3, 0.4) is 0 Å². The Bertz CT molecular complexity index is 689. The molecule has 0 bridgehead atoms. The maximum absolute atomic E-state index is 12.7. The lowest BCUT2D eigenvalue weighted by Gasteiger charge is -2.13. The molecule has 1 heterocycles. The van der Waals surface area contributed by atoms with Gasteiger partial charge in [0.25, 0.3) is 0 Å². The number of benzene rings is 1. The van der Waals surface area contributed by atoms with E-state index in [2.05, 4.69) is 4.98 Å². The van der Waals surface area contributed by atoms with E-state index in [9.17, 15) is 13.2 Å². The van der Waals surface area contributed by atoms with Crippen molar-refractivity contribution in [3.8, 4) is 17.0 Å². The van der Waals surface area contributed by atoms with Crippen LogP contribution in [0.25, 0.3) is 11.1 Å². The average molecular weight is 357 g/mol. The Morgan fingerprint density at radius 2 is 1.57 bits per heavy atom. The second kappa shape index (κ2) is 5.91. The number of ether oxygens (including phenoxy) is 1. The summed E-state index contributed by atoms with van der Waals surface area (Å²) in [5.74, 6) is -0.204. The van der Waals surface area contributed by atoms with E-state index in [-0.39, 0.29) is 26.5 Å². The van der Waals surface area contributed by atoms with E-state index in [0.717, 1.165) is 6.07 Å². The third-order valence-electron chi connectivity index (χ3n) is 2.64. The fraction of sp³-hybridized carbons (Fsp3) is 0.154. The number of methoxy groups -OCH3 is 1. The molecule has 0 fully saturated rings. The number of rotatable bonds is 2. The van der Waals surface area contributed by atoms with Crippen molar-refractivity contribution in [2.75, 3.05) is 7.11 Å². The van der Waals surface area contributed by atoms with Crippen LogP contribution in [0.2, 0.25) is 15.1 Å². The lowest BCUT2D eigenvalue weighted by Crippen LogP contribution is -2.09. The molecular formula is C13H7Cl3F3NO. The maximum Gasteiger partial charge on any atom is 0.433 e. The van der Waals surface area contributed by atoms with Gasteiger partial charge in [-0.2, -0.15) is 13.2 Å². The standard InChI is InChI=1S/C13H7Cl3F3NO/c1-21-12-6(2-3-11(20-12)13(17,18)19)7-4-9(15)10(16)5-8(7)14/h2-5H,1H3. The molecule has 0 N–H and O–H groups in total. The highest BCUT2D eigenvalue weighted by Gasteiger charge is 2.33. The van der Waals surface area contributed by atoms with Crippen LogP contribution < -0.4 is 4.74 Å². The molecule has 0 saturated heterocycles. The minimum absolute atomic E-state index is 0.204. The van der Waals surface area contributed by atoms with Crippen LogP contribution in [0, 0.1) is 0 Å². The molecule has 2 rings (SSSR count). The second-order valence-corrected chi connectivity index (χ2v) is 5.22. The Morgan fingerprint density at radius 3 is 2.14 bits per heavy atom. The third-order valence-corrected chi connectivity index (χ3v) is 3.68. The minimum Gasteiger partial charge on any atom is -0.481 e. The smallest absolute Gasteiger partial charge is 0.433 e. The molecule has 0 unspecified atom stereocenters. The fourth-order valence-corrected chi connectivity index (χ4v) is 2.34. The van der Waals surface area contributed by atoms with Gasteiger partial charge >= 0.3 is 6.18 Å². The van der Waals surface area contributed by atoms with E-state index in [1.165, 1.54) is 25.3 Å². The monoisotopic (exact) mass is 355 g/mol. The van der Waals surface area contributed by atoms with Crippen LogP contribution in [0.4, 0.5) is 13.2 Å². The Morgan fingerprint density at radius 1 is 0.952 bits per heavy atom. The summed E-state index contributed by atoms with van der Waals surface area (Å²) < 4.78 is 42.9. The van der Waals surface area contributed by atoms with Gasteiger partial charge in [-0.15, -0.1) is 0 Å². The minimum atomic E-state index is -4.56. The lowest BCUT2D eigenvalue weighted by molar-refractivity contribution is -0.141. The SMILES string of the molecule is COc1nc(C(F)(F)F)ccc1-c1cc(Cl)c(Cl)cc1Cl. The zero-order chi connectivity index (χ0) is 15.8. The van der Waals surface area contributed by atoms with Gasteiger partial charge in [-0.05, 0) is 24.3 Å². The highest BCUT2D eigenvalue weighted by molar-refractivity contribution is 6.44. The van der Waals surface area contributed by atoms with E-state index in [0.29, 0.717) is 5.56 Å². The first-order chi connectivity index (χ1) is 9.74. The topological polar surface area (TPSA) is 22.1 Å². The highest BCUT2D eigenvalue weighted by Crippen LogP contribution is 2.40. The zero-order valence-corrected chi connectivity index (χ0v) is 12.7. The molecule has 21 heavy (non-hydrogen) atoms. The van der Waals surface area contributed by atoms with Crippen LogP contribution in [0.1, 0.15) is 5.69 Å². The Balaban J connectivity index is 2.62. The summed E-state index contributed by atoms with van der Waals surface area (Å²) >= 11 is 17.8. The van der Waals surface area contributed by atoms with Gasteiger partial charge in [-0.25, -0.2) is 4.98 Å². The summed E-state index contributed by atoms with van der Waals surface area (Å²) in [6, 6.07) is 4.91. The molecule has 0 aliphatic carbocycles. The van der Waals surface area contributed by atoms with Crippen molar-refractivity contribution in [1.29, 1.82) is 0 Å². The largest absolute Gasteiger partial charge is 0.481 e. The Kier molecular flexibility index (Phi) is 4.56. The van der Waals surface area contributed by atoms with Crippen LogP contribution in [-0.2, 0) is 6.18 Å². The second-order valence-electron chi connectivity index (χ2n) is 4.00. The molecule has 0 aliphatic rings. The van der Waals surface area contributed by atoms with Crippen molar-refractivity contribution in [2.45, 2.75) is 6.18 Å². The Hall–Kier alpha value is -1.17. The summed E-state index contributed by atoms with van der Waals surface area (Å²) in [6.07, 6.45) is -4.56. The van der Waals surface area contributed by atoms with Crippen LogP contribution in [0.15, 0.2) is 24.3 Å². The molecule has 0 atom stereocenters. The molecule has 2 nitrogen and oxygen atoms in total. The summed E-state index contributed by atoms with van der Waals surface area (Å²) in [6.45, 7) is 0. The van der Waals surface area contributed by atoms with Gasteiger partial charge in [0.2, 0.25) is 5.88 Å². The van der Waals surface area contributed by atoms with Crippen molar-refractivity contribution < 1.29 is 17.9 Å². The summed E-state index contributed by atoms with van der Waals surface area (Å²) in [4.78, 5) is 3.45. The number of halogens is 6. The first-order valence-corrected chi connectivity index (χ1v) is 6.64. The average Bonchev–Trinajstić information content (AvgIpc) is 2.41. The fourth-order valence-electron chi connectivity index (χ4n) is 1.69. The molecule has 112 valence electrons. The Labute approximate surface area is 133 Å². The zero-order valence-electron chi connectivity index (χ0n) is 10.4. The summed E-state index contributed by atoms with van der Waals surface area (Å²) in [5.41, 5.74) is -0.391. The number of aromatic nitrogens is 1. The molecule has 1 aromatic heterocycles. The molecule has 0 amide bonds. The van der Waals surface area contributed by atoms with E-state index in [1.54, 1.807) is 0 Å². The number of hydrogen-bond donors (Lipinski definition) is 0. The van der Waals surface area contributed by atoms with Gasteiger partial charge in [0.05, 0.1) is 22.2 Å². The molecule has 0 saturated carbocycles. The van der Waals surface area contributed by atoms with Gasteiger partial charge in [-0.3, -0.25) is 0 Å². The first-order valence-electron chi connectivity index (χ1n) is 5.51. The normalized spacial score (nSPS) is 11.6. The van der Waals surface area contributed by atoms with Crippen molar-refractivity contribution in [3.63, 3.8) is 0 Å². The predicted octanol–water partition coefficient (Wildman–Crippen LogP) is 5.74. The highest BCUT2D eigenvalue weighted by atomic mass is 35.5. The molecule has 2 aromatic rings. The molecule has 0 radical (unpaired) electrons. The third kappa shape index (κ3) is 3.36. The first kappa shape index (κ1) is 16.2.